The maximum absolute atomic E-state index is 7.24. The second kappa shape index (κ2) is 19.3. The zero-order chi connectivity index (χ0) is 55.1. The van der Waals surface area contributed by atoms with Gasteiger partial charge in [0.2, 0.25) is 0 Å². The number of ether oxygens (including phenoxy) is 1. The molecule has 0 radical (unpaired) electrons. The van der Waals surface area contributed by atoms with E-state index in [1.165, 1.54) is 44.6 Å². The molecule has 0 bridgehead atoms. The van der Waals surface area contributed by atoms with E-state index in [4.69, 9.17) is 9.72 Å². The molecule has 0 spiro atoms. The van der Waals surface area contributed by atoms with E-state index in [0.29, 0.717) is 6.67 Å². The van der Waals surface area contributed by atoms with Crippen LogP contribution in [0.15, 0.2) is 231 Å². The van der Waals surface area contributed by atoms with E-state index in [2.05, 4.69) is 306 Å². The molecule has 0 aliphatic carbocycles. The van der Waals surface area contributed by atoms with Crippen LogP contribution in [0.2, 0.25) is 0 Å². The van der Waals surface area contributed by atoms with Crippen molar-refractivity contribution in [1.29, 1.82) is 0 Å². The van der Waals surface area contributed by atoms with Gasteiger partial charge in [-0.05, 0) is 122 Å². The number of hydrogen-bond donors (Lipinski definition) is 0. The molecule has 6 nitrogen and oxygen atoms in total. The molecule has 0 saturated carbocycles. The number of hydrogen-bond acceptors (Lipinski definition) is 4. The van der Waals surface area contributed by atoms with Gasteiger partial charge in [-0.3, -0.25) is 4.57 Å². The second-order valence-electron chi connectivity index (χ2n) is 24.6. The van der Waals surface area contributed by atoms with Gasteiger partial charge in [0, 0.05) is 51.6 Å². The Labute approximate surface area is 470 Å². The second-order valence-corrected chi connectivity index (χ2v) is 24.6. The van der Waals surface area contributed by atoms with E-state index in [-0.39, 0.29) is 16.2 Å². The van der Waals surface area contributed by atoms with E-state index < -0.39 is 0 Å². The smallest absolute Gasteiger partial charge is 0.137 e. The molecule has 0 atom stereocenters. The maximum atomic E-state index is 7.24. The Balaban J connectivity index is 0.977. The molecule has 0 fully saturated rings. The van der Waals surface area contributed by atoms with Gasteiger partial charge in [-0.2, -0.15) is 0 Å². The molecule has 3 aromatic heterocycles. The fraction of sp³-hybridized carbons (Fsp3) is 0.176. The lowest BCUT2D eigenvalue weighted by atomic mass is 9.78. The Hall–Kier alpha value is -9.13. The average Bonchev–Trinajstić information content (AvgIpc) is 4.31. The molecule has 1 aliphatic heterocycles. The number of aromatic nitrogens is 3. The maximum Gasteiger partial charge on any atom is 0.137 e. The quantitative estimate of drug-likeness (QED) is 0.144. The van der Waals surface area contributed by atoms with Gasteiger partial charge in [0.25, 0.3) is 0 Å². The topological polar surface area (TPSA) is 38.5 Å². The third kappa shape index (κ3) is 8.99. The van der Waals surface area contributed by atoms with E-state index >= 15 is 0 Å². The Bertz CT molecular complexity index is 4270. The summed E-state index contributed by atoms with van der Waals surface area (Å²) in [6, 6.07) is 81.6. The molecule has 80 heavy (non-hydrogen) atoms. The van der Waals surface area contributed by atoms with Crippen LogP contribution < -0.4 is 14.5 Å². The average molecular weight is 1040 g/mol. The summed E-state index contributed by atoms with van der Waals surface area (Å²) in [4.78, 5) is 10.1. The van der Waals surface area contributed by atoms with Crippen LogP contribution in [0.4, 0.5) is 22.7 Å². The lowest BCUT2D eigenvalue weighted by Gasteiger charge is -2.29. The molecule has 6 heteroatoms. The van der Waals surface area contributed by atoms with E-state index in [1.54, 1.807) is 0 Å². The zero-order valence-electron chi connectivity index (χ0n) is 47.3. The van der Waals surface area contributed by atoms with Gasteiger partial charge in [0.1, 0.15) is 24.0 Å². The van der Waals surface area contributed by atoms with Crippen LogP contribution in [0.25, 0.3) is 77.7 Å². The molecule has 0 unspecified atom stereocenters. The minimum Gasteiger partial charge on any atom is -0.457 e. The number of para-hydroxylation sites is 5. The van der Waals surface area contributed by atoms with Crippen molar-refractivity contribution in [2.45, 2.75) is 78.6 Å². The first-order chi connectivity index (χ1) is 38.6. The number of fused-ring (bicyclic) bond motifs is 6. The molecule has 0 N–H and O–H groups in total. The number of nitrogens with zero attached hydrogens (tertiary/aromatic N) is 5. The predicted octanol–water partition coefficient (Wildman–Crippen LogP) is 20.1. The molecule has 1 aliphatic rings. The Kier molecular flexibility index (Phi) is 12.2. The van der Waals surface area contributed by atoms with Gasteiger partial charge in [-0.1, -0.05) is 208 Å². The van der Waals surface area contributed by atoms with Gasteiger partial charge in [0.15, 0.2) is 0 Å². The van der Waals surface area contributed by atoms with Gasteiger partial charge in [0.05, 0.1) is 39.1 Å². The summed E-state index contributed by atoms with van der Waals surface area (Å²) in [6.45, 7) is 21.3. The summed E-state index contributed by atoms with van der Waals surface area (Å²) >= 11 is 0. The van der Waals surface area contributed by atoms with Crippen molar-refractivity contribution in [3.63, 3.8) is 0 Å². The van der Waals surface area contributed by atoms with Crippen LogP contribution in [-0.4, -0.2) is 20.8 Å². The monoisotopic (exact) mass is 1040 g/mol. The van der Waals surface area contributed by atoms with Crippen molar-refractivity contribution < 1.29 is 4.74 Å². The summed E-state index contributed by atoms with van der Waals surface area (Å²) in [6.07, 6.45) is 1.95. The highest BCUT2D eigenvalue weighted by molar-refractivity contribution is 6.20. The van der Waals surface area contributed by atoms with Crippen molar-refractivity contribution in [3.8, 4) is 56.4 Å². The van der Waals surface area contributed by atoms with Crippen LogP contribution >= 0.6 is 0 Å². The molecule has 12 aromatic rings. The number of pyridine rings is 1. The lowest BCUT2D eigenvalue weighted by Crippen LogP contribution is -2.25. The van der Waals surface area contributed by atoms with Crippen molar-refractivity contribution >= 4 is 55.6 Å². The van der Waals surface area contributed by atoms with E-state index in [0.717, 1.165) is 84.0 Å². The number of anilines is 4. The van der Waals surface area contributed by atoms with E-state index in [1.807, 2.05) is 6.20 Å². The van der Waals surface area contributed by atoms with E-state index in [9.17, 15) is 0 Å². The van der Waals surface area contributed by atoms with Crippen LogP contribution in [0.5, 0.6) is 11.5 Å². The molecule has 4 heterocycles. The first-order valence-electron chi connectivity index (χ1n) is 28.0. The van der Waals surface area contributed by atoms with Crippen molar-refractivity contribution in [2.75, 3.05) is 16.5 Å². The van der Waals surface area contributed by atoms with Gasteiger partial charge in [-0.25, -0.2) is 4.98 Å². The normalized spacial score (nSPS) is 13.0. The molecule has 9 aromatic carbocycles. The minimum atomic E-state index is -0.0811. The molecular weight excluding hydrogens is 975 g/mol. The summed E-state index contributed by atoms with van der Waals surface area (Å²) in [7, 11) is 0. The highest BCUT2D eigenvalue weighted by atomic mass is 16.5. The summed E-state index contributed by atoms with van der Waals surface area (Å²) in [5.41, 5.74) is 20.6. The Morgan fingerprint density at radius 1 is 0.375 bits per heavy atom. The zero-order valence-corrected chi connectivity index (χ0v) is 47.3. The predicted molar refractivity (Wildman–Crippen MR) is 336 cm³/mol. The third-order valence-corrected chi connectivity index (χ3v) is 16.1. The molecular formula is C74H67N5O. The molecule has 394 valence electrons. The lowest BCUT2D eigenvalue weighted by molar-refractivity contribution is 0.483. The minimum absolute atomic E-state index is 0.0466. The van der Waals surface area contributed by atoms with Gasteiger partial charge < -0.3 is 19.1 Å². The first kappa shape index (κ1) is 50.4. The fourth-order valence-electron chi connectivity index (χ4n) is 11.8. The highest BCUT2D eigenvalue weighted by Gasteiger charge is 2.33. The molecule has 0 saturated heterocycles. The fourth-order valence-corrected chi connectivity index (χ4v) is 11.8. The van der Waals surface area contributed by atoms with Crippen LogP contribution in [0, 0.1) is 0 Å². The summed E-state index contributed by atoms with van der Waals surface area (Å²) < 4.78 is 12.0. The van der Waals surface area contributed by atoms with Crippen molar-refractivity contribution in [2.24, 2.45) is 0 Å². The third-order valence-electron chi connectivity index (χ3n) is 16.1. The van der Waals surface area contributed by atoms with Crippen molar-refractivity contribution in [1.82, 2.24) is 14.1 Å². The van der Waals surface area contributed by atoms with Gasteiger partial charge >= 0.3 is 0 Å². The largest absolute Gasteiger partial charge is 0.457 e. The standard InChI is InChI=1S/C74H67N5O/c1-72(2,3)53-38-39-75-68(45-53)79-67-47-58(36-37-63(67)70-71(79)62-30-19-20-33-64(62)78(70)56-28-17-12-18-29-56)80-59-43-51(49-24-13-10-14-25-49)42-57(46-59)76-48-77(66-35-22-21-34-65(66)76)69-60(50-26-15-11-16-27-50)31-23-32-61(69)52-40-54(73(4,5)6)44-55(41-52)74(7,8)9/h10-47H,48H2,1-9H3. The number of rotatable bonds is 9. The summed E-state index contributed by atoms with van der Waals surface area (Å²) in [5, 5.41) is 2.26. The first-order valence-corrected chi connectivity index (χ1v) is 28.0. The van der Waals surface area contributed by atoms with Crippen molar-refractivity contribution in [3.05, 3.63) is 247 Å². The van der Waals surface area contributed by atoms with Crippen LogP contribution in [0.1, 0.15) is 79.0 Å². The van der Waals surface area contributed by atoms with Crippen LogP contribution in [0.3, 0.4) is 0 Å². The van der Waals surface area contributed by atoms with Crippen LogP contribution in [-0.2, 0) is 16.2 Å². The SMILES string of the molecule is CC(C)(C)c1cc(-c2cccc(-c3ccccc3)c2N2CN(c3cc(Oc4ccc5c(c4)n(-c4cc(C(C)(C)C)ccn4)c4c6ccccc6n(-c6ccccc6)c54)cc(-c4ccccc4)c3)c3ccccc32)cc(C(C)(C)C)c1. The highest BCUT2D eigenvalue weighted by Crippen LogP contribution is 2.52. The molecule has 13 rings (SSSR count). The molecule has 0 amide bonds. The number of benzene rings is 9. The summed E-state index contributed by atoms with van der Waals surface area (Å²) in [5.74, 6) is 2.34. The Morgan fingerprint density at radius 3 is 1.62 bits per heavy atom. The Morgan fingerprint density at radius 2 is 0.950 bits per heavy atom. The van der Waals surface area contributed by atoms with Gasteiger partial charge in [-0.15, -0.1) is 0 Å².